The third-order valence-electron chi connectivity index (χ3n) is 3.35. The Labute approximate surface area is 125 Å². The predicted octanol–water partition coefficient (Wildman–Crippen LogP) is 4.45. The summed E-state index contributed by atoms with van der Waals surface area (Å²) in [5.41, 5.74) is 2.27. The number of H-pyrrole nitrogens is 1. The van der Waals surface area contributed by atoms with Crippen LogP contribution >= 0.6 is 11.6 Å². The van der Waals surface area contributed by atoms with Crippen LogP contribution < -0.4 is 4.74 Å². The van der Waals surface area contributed by atoms with E-state index < -0.39 is 5.82 Å². The van der Waals surface area contributed by atoms with E-state index in [1.54, 1.807) is 24.3 Å². The van der Waals surface area contributed by atoms with Crippen molar-refractivity contribution in [1.29, 1.82) is 0 Å². The zero-order chi connectivity index (χ0) is 15.0. The Kier molecular flexibility index (Phi) is 3.39. The van der Waals surface area contributed by atoms with Gasteiger partial charge in [0.2, 0.25) is 0 Å². The van der Waals surface area contributed by atoms with Crippen LogP contribution in [0.3, 0.4) is 0 Å². The Balaban J connectivity index is 2.35. The fourth-order valence-electron chi connectivity index (χ4n) is 2.40. The van der Waals surface area contributed by atoms with Crippen molar-refractivity contribution >= 4 is 28.8 Å². The van der Waals surface area contributed by atoms with Gasteiger partial charge in [-0.25, -0.2) is 4.39 Å². The Morgan fingerprint density at radius 2 is 2.05 bits per heavy atom. The summed E-state index contributed by atoms with van der Waals surface area (Å²) >= 11 is 6.03. The van der Waals surface area contributed by atoms with Gasteiger partial charge < -0.3 is 9.72 Å². The number of nitrogens with one attached hydrogen (secondary N) is 1. The highest BCUT2D eigenvalue weighted by Gasteiger charge is 2.16. The van der Waals surface area contributed by atoms with Crippen molar-refractivity contribution in [2.24, 2.45) is 0 Å². The van der Waals surface area contributed by atoms with E-state index in [4.69, 9.17) is 16.3 Å². The number of hydrogen-bond donors (Lipinski definition) is 1. The number of ether oxygens (including phenoxy) is 1. The van der Waals surface area contributed by atoms with Gasteiger partial charge in [0, 0.05) is 27.1 Å². The van der Waals surface area contributed by atoms with Crippen molar-refractivity contribution < 1.29 is 13.9 Å². The molecular weight excluding hydrogens is 293 g/mol. The molecule has 0 aliphatic rings. The third kappa shape index (κ3) is 2.28. The number of halogens is 2. The van der Waals surface area contributed by atoms with Gasteiger partial charge in [-0.05, 0) is 36.4 Å². The molecule has 0 fully saturated rings. The molecule has 0 bridgehead atoms. The van der Waals surface area contributed by atoms with Gasteiger partial charge >= 0.3 is 0 Å². The molecule has 0 radical (unpaired) electrons. The first-order valence-corrected chi connectivity index (χ1v) is 6.62. The first-order chi connectivity index (χ1) is 10.1. The van der Waals surface area contributed by atoms with Gasteiger partial charge in [-0.15, -0.1) is 0 Å². The van der Waals surface area contributed by atoms with Crippen LogP contribution in [0.4, 0.5) is 4.39 Å². The molecule has 3 nitrogen and oxygen atoms in total. The smallest absolute Gasteiger partial charge is 0.152 e. The molecule has 2 aromatic carbocycles. The normalized spacial score (nSPS) is 10.8. The molecule has 0 saturated carbocycles. The summed E-state index contributed by atoms with van der Waals surface area (Å²) < 4.78 is 18.7. The lowest BCUT2D eigenvalue weighted by molar-refractivity contribution is 0.112. The lowest BCUT2D eigenvalue weighted by atomic mass is 10.1. The van der Waals surface area contributed by atoms with E-state index in [9.17, 15) is 9.18 Å². The van der Waals surface area contributed by atoms with Gasteiger partial charge in [-0.1, -0.05) is 11.6 Å². The SMILES string of the molecule is COc1ccc(Cl)cc1-c1[nH]c2ccc(F)cc2c1C=O. The minimum Gasteiger partial charge on any atom is -0.496 e. The zero-order valence-electron chi connectivity index (χ0n) is 11.1. The molecule has 0 amide bonds. The van der Waals surface area contributed by atoms with E-state index in [-0.39, 0.29) is 0 Å². The number of rotatable bonds is 3. The van der Waals surface area contributed by atoms with Gasteiger partial charge in [-0.3, -0.25) is 4.79 Å². The average molecular weight is 304 g/mol. The van der Waals surface area contributed by atoms with Crippen LogP contribution in [-0.4, -0.2) is 18.4 Å². The zero-order valence-corrected chi connectivity index (χ0v) is 11.9. The van der Waals surface area contributed by atoms with Crippen LogP contribution in [0.2, 0.25) is 5.02 Å². The maximum Gasteiger partial charge on any atom is 0.152 e. The number of methoxy groups -OCH3 is 1. The summed E-state index contributed by atoms with van der Waals surface area (Å²) in [4.78, 5) is 14.6. The summed E-state index contributed by atoms with van der Waals surface area (Å²) in [7, 11) is 1.54. The van der Waals surface area contributed by atoms with E-state index >= 15 is 0 Å². The van der Waals surface area contributed by atoms with Gasteiger partial charge in [0.1, 0.15) is 11.6 Å². The first kappa shape index (κ1) is 13.6. The Bertz CT molecular complexity index is 842. The van der Waals surface area contributed by atoms with Crippen molar-refractivity contribution in [3.05, 3.63) is 52.8 Å². The lowest BCUT2D eigenvalue weighted by Crippen LogP contribution is -1.91. The predicted molar refractivity (Wildman–Crippen MR) is 80.6 cm³/mol. The molecule has 0 unspecified atom stereocenters. The van der Waals surface area contributed by atoms with Crippen LogP contribution in [-0.2, 0) is 0 Å². The van der Waals surface area contributed by atoms with Gasteiger partial charge in [0.05, 0.1) is 12.8 Å². The summed E-state index contributed by atoms with van der Waals surface area (Å²) in [5, 5.41) is 1.05. The third-order valence-corrected chi connectivity index (χ3v) is 3.58. The van der Waals surface area contributed by atoms with Gasteiger partial charge in [0.15, 0.2) is 6.29 Å². The highest BCUT2D eigenvalue weighted by atomic mass is 35.5. The number of aldehydes is 1. The molecule has 106 valence electrons. The number of carbonyl (C=O) groups excluding carboxylic acids is 1. The van der Waals surface area contributed by atoms with Gasteiger partial charge in [-0.2, -0.15) is 0 Å². The highest BCUT2D eigenvalue weighted by Crippen LogP contribution is 2.36. The Morgan fingerprint density at radius 1 is 1.24 bits per heavy atom. The molecular formula is C16H11ClFNO2. The van der Waals surface area contributed by atoms with Crippen molar-refractivity contribution in [3.63, 3.8) is 0 Å². The molecule has 5 heteroatoms. The number of aromatic nitrogens is 1. The molecule has 1 aromatic heterocycles. The van der Waals surface area contributed by atoms with Crippen LogP contribution in [0.15, 0.2) is 36.4 Å². The van der Waals surface area contributed by atoms with E-state index in [0.717, 1.165) is 0 Å². The summed E-state index contributed by atoms with van der Waals surface area (Å²) in [6.45, 7) is 0. The van der Waals surface area contributed by atoms with Crippen LogP contribution in [0, 0.1) is 5.82 Å². The average Bonchev–Trinajstić information content (AvgIpc) is 2.84. The van der Waals surface area contributed by atoms with Gasteiger partial charge in [0.25, 0.3) is 0 Å². The molecule has 0 atom stereocenters. The lowest BCUT2D eigenvalue weighted by Gasteiger charge is -2.08. The molecule has 21 heavy (non-hydrogen) atoms. The maximum absolute atomic E-state index is 13.4. The maximum atomic E-state index is 13.4. The van der Waals surface area contributed by atoms with E-state index in [1.165, 1.54) is 19.2 Å². The number of aromatic amines is 1. The molecule has 0 aliphatic carbocycles. The van der Waals surface area contributed by atoms with Crippen LogP contribution in [0.1, 0.15) is 10.4 Å². The number of benzene rings is 2. The van der Waals surface area contributed by atoms with Crippen molar-refractivity contribution in [2.45, 2.75) is 0 Å². The molecule has 0 saturated heterocycles. The monoisotopic (exact) mass is 303 g/mol. The van der Waals surface area contributed by atoms with Crippen LogP contribution in [0.25, 0.3) is 22.2 Å². The number of hydrogen-bond acceptors (Lipinski definition) is 2. The van der Waals surface area contributed by atoms with E-state index in [2.05, 4.69) is 4.98 Å². The van der Waals surface area contributed by atoms with Crippen LogP contribution in [0.5, 0.6) is 5.75 Å². The topological polar surface area (TPSA) is 42.1 Å². The van der Waals surface area contributed by atoms with E-state index in [1.807, 2.05) is 0 Å². The Morgan fingerprint density at radius 3 is 2.76 bits per heavy atom. The highest BCUT2D eigenvalue weighted by molar-refractivity contribution is 6.31. The number of carbonyl (C=O) groups is 1. The summed E-state index contributed by atoms with van der Waals surface area (Å²) in [6.07, 6.45) is 0.702. The summed E-state index contributed by atoms with van der Waals surface area (Å²) in [5.74, 6) is 0.184. The molecule has 3 rings (SSSR count). The summed E-state index contributed by atoms with van der Waals surface area (Å²) in [6, 6.07) is 9.39. The Hall–Kier alpha value is -2.33. The van der Waals surface area contributed by atoms with Crippen molar-refractivity contribution in [1.82, 2.24) is 4.98 Å². The second-order valence-corrected chi connectivity index (χ2v) is 5.00. The van der Waals surface area contributed by atoms with E-state index in [0.29, 0.717) is 44.8 Å². The quantitative estimate of drug-likeness (QED) is 0.726. The first-order valence-electron chi connectivity index (χ1n) is 6.24. The second kappa shape index (κ2) is 5.22. The fraction of sp³-hybridized carbons (Fsp3) is 0.0625. The molecule has 1 heterocycles. The number of fused-ring (bicyclic) bond motifs is 1. The molecule has 3 aromatic rings. The minimum atomic E-state index is -0.394. The molecule has 1 N–H and O–H groups in total. The fourth-order valence-corrected chi connectivity index (χ4v) is 2.57. The molecule has 0 spiro atoms. The standard InChI is InChI=1S/C16H11ClFNO2/c1-21-15-5-2-9(17)6-12(15)16-13(8-20)11-7-10(18)3-4-14(11)19-16/h2-8,19H,1H3. The van der Waals surface area contributed by atoms with Crippen molar-refractivity contribution in [2.75, 3.05) is 7.11 Å². The second-order valence-electron chi connectivity index (χ2n) is 4.57. The van der Waals surface area contributed by atoms with Crippen molar-refractivity contribution in [3.8, 4) is 17.0 Å². The largest absolute Gasteiger partial charge is 0.496 e. The minimum absolute atomic E-state index is 0.380. The molecule has 0 aliphatic heterocycles.